The Morgan fingerprint density at radius 2 is 1.39 bits per heavy atom. The monoisotopic (exact) mass is 1410 g/mol. The van der Waals surface area contributed by atoms with Crippen molar-refractivity contribution < 1.29 is 102 Å². The van der Waals surface area contributed by atoms with Crippen LogP contribution in [0.2, 0.25) is 0 Å². The fraction of sp³-hybridized carbons (Fsp3) is 0.562. The van der Waals surface area contributed by atoms with E-state index in [-0.39, 0.29) is 48.7 Å². The van der Waals surface area contributed by atoms with Crippen molar-refractivity contribution in [3.63, 3.8) is 0 Å². The molecule has 3 fully saturated rings. The molecular weight excluding hydrogens is 1320 g/mol. The Hall–Kier alpha value is -7.71. The van der Waals surface area contributed by atoms with Gasteiger partial charge < -0.3 is 96.8 Å². The zero-order chi connectivity index (χ0) is 71.0. The predicted octanol–water partition coefficient (Wildman–Crippen LogP) is -0.109. The van der Waals surface area contributed by atoms with Crippen LogP contribution >= 0.6 is 23.7 Å². The molecular formula is C64H89N11O21S2. The second-order valence-corrected chi connectivity index (χ2v) is 25.9. The van der Waals surface area contributed by atoms with Gasteiger partial charge in [-0.2, -0.15) is 0 Å². The van der Waals surface area contributed by atoms with Gasteiger partial charge in [0.2, 0.25) is 41.4 Å². The molecule has 0 unspecified atom stereocenters. The van der Waals surface area contributed by atoms with E-state index in [1.807, 2.05) is 24.3 Å². The number of nitrogens with one attached hydrogen (secondary N) is 6. The third kappa shape index (κ3) is 22.1. The highest BCUT2D eigenvalue weighted by Gasteiger charge is 2.50. The van der Waals surface area contributed by atoms with E-state index in [0.717, 1.165) is 67.1 Å². The Morgan fingerprint density at radius 1 is 0.745 bits per heavy atom. The topological polar surface area (TPSA) is 475 Å². The van der Waals surface area contributed by atoms with Crippen LogP contribution in [0.4, 0.5) is 0 Å². The number of nitrogens with two attached hydrogens (primary N) is 1. The second-order valence-electron chi connectivity index (χ2n) is 24.5. The molecule has 3 aliphatic rings. The van der Waals surface area contributed by atoms with Gasteiger partial charge in [0.15, 0.2) is 11.5 Å². The van der Waals surface area contributed by atoms with Crippen LogP contribution in [0.3, 0.4) is 0 Å². The standard InChI is InChI=1S/C64H89N11O21S2/c1-35-33-75-54(55(35)83)60(88)67-32-41(77)30-44(68-56(84)38-14-16-39(17-15-38)61-72-73-62(97-61)40-18-20-43(21-19-40)93-27-11-6-4-5-10-26-92-3)57(85)69-51(36(2)76)63(89)74-34-42(78)31-45(74)58(86)70-52(48(81)28-37-13-22-46(79)49(29-37)94-98-96-95-91)59(87)71-53(64(75)90)47(80)23-25-66-50(82)12-8-7-9-24-65/h13-22,29,35-36,41-42,44-45,47-48,51-55,76-81,83,91H,4-12,23-28,30-34,65H2,1-3H3,(H,66,82)(H,67,88)(H,68,84)(H,69,85)(H,70,86)(H,71,87)/t35-,36+,41+,42+,44+,45+,47-,48-,51+,52+,53+,54+,55+/m1/s1. The molecule has 7 rings (SSSR count). The van der Waals surface area contributed by atoms with Crippen LogP contribution in [0.15, 0.2) is 66.7 Å². The lowest BCUT2D eigenvalue weighted by molar-refractivity contribution is -0.433. The zero-order valence-electron chi connectivity index (χ0n) is 54.6. The first-order valence-corrected chi connectivity index (χ1v) is 34.0. The van der Waals surface area contributed by atoms with E-state index in [1.165, 1.54) is 42.5 Å². The van der Waals surface area contributed by atoms with Crippen molar-refractivity contribution in [2.75, 3.05) is 53.0 Å². The van der Waals surface area contributed by atoms with Gasteiger partial charge in [-0.15, -0.1) is 10.2 Å². The van der Waals surface area contributed by atoms with Gasteiger partial charge in [-0.1, -0.05) is 71.5 Å². The highest BCUT2D eigenvalue weighted by molar-refractivity contribution is 7.90. The minimum atomic E-state index is -2.16. The first kappa shape index (κ1) is 77.6. The van der Waals surface area contributed by atoms with Gasteiger partial charge >= 0.3 is 0 Å². The Bertz CT molecular complexity index is 3280. The molecule has 0 spiro atoms. The van der Waals surface area contributed by atoms with Crippen molar-refractivity contribution in [1.29, 1.82) is 0 Å². The largest absolute Gasteiger partial charge is 0.504 e. The first-order chi connectivity index (χ1) is 47.0. The summed E-state index contributed by atoms with van der Waals surface area (Å²) in [6.07, 6.45) is -5.56. The van der Waals surface area contributed by atoms with E-state index in [1.54, 1.807) is 19.2 Å². The van der Waals surface area contributed by atoms with Crippen LogP contribution in [0.5, 0.6) is 17.2 Å². The number of carbonyl (C=O) groups excluding carboxylic acids is 8. The normalized spacial score (nSPS) is 23.8. The lowest BCUT2D eigenvalue weighted by atomic mass is 9.98. The van der Waals surface area contributed by atoms with Gasteiger partial charge in [-0.3, -0.25) is 38.4 Å². The molecule has 34 heteroatoms. The third-order valence-corrected chi connectivity index (χ3v) is 18.3. The maximum Gasteiger partial charge on any atom is 0.261 e. The molecule has 16 N–H and O–H groups in total. The molecule has 4 heterocycles. The Morgan fingerprint density at radius 3 is 2.06 bits per heavy atom. The highest BCUT2D eigenvalue weighted by atomic mass is 32.2. The number of methoxy groups -OCH3 is 1. The molecule has 0 aliphatic carbocycles. The summed E-state index contributed by atoms with van der Waals surface area (Å²) < 4.78 is 20.4. The molecule has 0 radical (unpaired) electrons. The molecule has 32 nitrogen and oxygen atoms in total. The van der Waals surface area contributed by atoms with Gasteiger partial charge in [-0.05, 0) is 99.7 Å². The van der Waals surface area contributed by atoms with Crippen LogP contribution in [-0.4, -0.2) is 234 Å². The number of aliphatic hydroxyl groups is 6. The number of β-amino-alcohol motifs (C(OH)–C–C–N with tert-alkyl or cyclic N) is 1. The maximum absolute atomic E-state index is 15.1. The van der Waals surface area contributed by atoms with Crippen molar-refractivity contribution in [3.8, 4) is 38.4 Å². The molecule has 13 atom stereocenters. The number of nitrogens with zero attached hydrogens (tertiary/aromatic N) is 4. The summed E-state index contributed by atoms with van der Waals surface area (Å²) in [7, 11) is 1.69. The Balaban J connectivity index is 1.16. The summed E-state index contributed by atoms with van der Waals surface area (Å²) in [6.45, 7) is 2.48. The fourth-order valence-corrected chi connectivity index (χ4v) is 12.7. The number of rotatable bonds is 30. The van der Waals surface area contributed by atoms with Crippen molar-refractivity contribution in [2.24, 2.45) is 11.7 Å². The minimum absolute atomic E-state index is 0.00900. The number of aromatic nitrogens is 2. The van der Waals surface area contributed by atoms with Gasteiger partial charge in [-0.25, -0.2) is 5.26 Å². The van der Waals surface area contributed by atoms with Gasteiger partial charge in [0.25, 0.3) is 18.2 Å². The Kier molecular flexibility index (Phi) is 30.6. The van der Waals surface area contributed by atoms with E-state index in [4.69, 9.17) is 24.6 Å². The fourth-order valence-electron chi connectivity index (χ4n) is 11.5. The summed E-state index contributed by atoms with van der Waals surface area (Å²) in [4.78, 5) is 117. The van der Waals surface area contributed by atoms with Crippen LogP contribution < -0.4 is 46.6 Å². The summed E-state index contributed by atoms with van der Waals surface area (Å²) in [6, 6.07) is 5.68. The lowest BCUT2D eigenvalue weighted by Crippen LogP contribution is -2.64. The van der Waals surface area contributed by atoms with Crippen LogP contribution in [0.1, 0.15) is 107 Å². The molecule has 0 bridgehead atoms. The number of unbranched alkanes of at least 4 members (excludes halogenated alkanes) is 6. The summed E-state index contributed by atoms with van der Waals surface area (Å²) in [5.41, 5.74) is 7.08. The van der Waals surface area contributed by atoms with Crippen LogP contribution in [-0.2, 0) is 54.1 Å². The third-order valence-electron chi connectivity index (χ3n) is 16.9. The average molecular weight is 1410 g/mol. The molecule has 3 saturated heterocycles. The first-order valence-electron chi connectivity index (χ1n) is 32.5. The highest BCUT2D eigenvalue weighted by Crippen LogP contribution is 2.33. The molecule has 0 saturated carbocycles. The van der Waals surface area contributed by atoms with E-state index < -0.39 is 171 Å². The van der Waals surface area contributed by atoms with E-state index in [9.17, 15) is 69.3 Å². The molecule has 8 amide bonds. The molecule has 3 aliphatic heterocycles. The summed E-state index contributed by atoms with van der Waals surface area (Å²) >= 11 is 1.36. The van der Waals surface area contributed by atoms with E-state index in [2.05, 4.69) is 51.5 Å². The van der Waals surface area contributed by atoms with Crippen LogP contribution in [0.25, 0.3) is 21.1 Å². The number of hydrogen-bond donors (Lipinski definition) is 15. The predicted molar refractivity (Wildman–Crippen MR) is 352 cm³/mol. The SMILES string of the molecule is COCCCCCCCOc1ccc(-c2nnc(-c3ccc(C(=O)N[C@H]4C[C@H](O)CNC(=O)[C@@H]5[C@@H](O)[C@H](C)CN5C(=O)[C@H]([C@H](O)CCNC(=O)CCCCCN)NC(=O)[C@H]([C@H](O)Cc5ccc(O)c(OSOOO)c5)NC(=O)[C@@H]5C[C@H](O)CN5C(=O)[C@H]([C@H](C)O)NC4=O)cc3)s2)cc1. The molecule has 4 aromatic rings. The van der Waals surface area contributed by atoms with Crippen LogP contribution in [0, 0.1) is 5.92 Å². The number of fused-ring (bicyclic) bond motifs is 2. The molecule has 98 heavy (non-hydrogen) atoms. The van der Waals surface area contributed by atoms with Crippen molar-refractivity contribution in [3.05, 3.63) is 77.9 Å². The molecule has 538 valence electrons. The smallest absolute Gasteiger partial charge is 0.261 e. The average Bonchev–Trinajstić information content (AvgIpc) is 1.63. The number of benzene rings is 3. The number of aromatic hydroxyl groups is 1. The number of ether oxygens (including phenoxy) is 2. The second kappa shape index (κ2) is 38.6. The van der Waals surface area contributed by atoms with Crippen molar-refractivity contribution >= 4 is 70.9 Å². The van der Waals surface area contributed by atoms with Gasteiger partial charge in [0.05, 0.1) is 43.2 Å². The number of hydrogen-bond acceptors (Lipinski definition) is 26. The van der Waals surface area contributed by atoms with Gasteiger partial charge in [0, 0.05) is 88.2 Å². The van der Waals surface area contributed by atoms with E-state index >= 15 is 4.79 Å². The minimum Gasteiger partial charge on any atom is -0.504 e. The Labute approximate surface area is 573 Å². The lowest BCUT2D eigenvalue weighted by Gasteiger charge is -2.34. The number of phenolic OH excluding ortho intramolecular Hbond substituents is 1. The summed E-state index contributed by atoms with van der Waals surface area (Å²) in [5, 5.41) is 117. The number of aliphatic hydroxyl groups excluding tert-OH is 6. The number of carbonyl (C=O) groups is 8. The van der Waals surface area contributed by atoms with Crippen molar-refractivity contribution in [1.82, 2.24) is 51.9 Å². The number of amides is 8. The molecule has 1 aromatic heterocycles. The maximum atomic E-state index is 15.1. The number of phenols is 1. The van der Waals surface area contributed by atoms with Crippen molar-refractivity contribution in [2.45, 2.75) is 170 Å². The quantitative estimate of drug-likeness (QED) is 0.0140. The zero-order valence-corrected chi connectivity index (χ0v) is 56.2. The molecule has 3 aromatic carbocycles. The van der Waals surface area contributed by atoms with Gasteiger partial charge in [0.1, 0.15) is 52.0 Å². The summed E-state index contributed by atoms with van der Waals surface area (Å²) in [5.74, 6) is -9.29. The van der Waals surface area contributed by atoms with E-state index in [0.29, 0.717) is 53.7 Å².